The van der Waals surface area contributed by atoms with Crippen LogP contribution in [0.5, 0.6) is 0 Å². The number of benzene rings is 1. The molecule has 2 rings (SSSR count). The molecule has 1 aliphatic rings. The van der Waals surface area contributed by atoms with E-state index in [1.807, 2.05) is 0 Å². The number of alkyl halides is 1. The van der Waals surface area contributed by atoms with Gasteiger partial charge in [0.25, 0.3) is 0 Å². The molecule has 1 aliphatic carbocycles. The molecule has 0 bridgehead atoms. The van der Waals surface area contributed by atoms with Crippen LogP contribution >= 0.6 is 11.6 Å². The summed E-state index contributed by atoms with van der Waals surface area (Å²) in [6.07, 6.45) is 7.49. The molecule has 0 spiro atoms. The fourth-order valence-corrected chi connectivity index (χ4v) is 2.98. The van der Waals surface area contributed by atoms with Crippen LogP contribution in [-0.4, -0.2) is 5.38 Å². The Morgan fingerprint density at radius 2 is 1.69 bits per heavy atom. The van der Waals surface area contributed by atoms with Crippen molar-refractivity contribution in [2.24, 2.45) is 5.92 Å². The number of hydrogen-bond acceptors (Lipinski definition) is 0. The summed E-state index contributed by atoms with van der Waals surface area (Å²) in [6, 6.07) is 9.05. The first-order chi connectivity index (χ1) is 7.79. The molecule has 88 valence electrons. The first kappa shape index (κ1) is 12.0. The van der Waals surface area contributed by atoms with E-state index >= 15 is 0 Å². The predicted octanol–water partition coefficient (Wildman–Crippen LogP) is 4.59. The zero-order valence-corrected chi connectivity index (χ0v) is 10.8. The third-order valence-electron chi connectivity index (χ3n) is 3.75. The van der Waals surface area contributed by atoms with Crippen LogP contribution in [0.15, 0.2) is 24.3 Å². The van der Waals surface area contributed by atoms with E-state index in [0.717, 1.165) is 12.8 Å². The smallest absolute Gasteiger partial charge is 0.0367 e. The summed E-state index contributed by atoms with van der Waals surface area (Å²) in [4.78, 5) is 0. The second-order valence-electron chi connectivity index (χ2n) is 4.93. The highest BCUT2D eigenvalue weighted by Crippen LogP contribution is 2.31. The Labute approximate surface area is 104 Å². The fourth-order valence-electron chi connectivity index (χ4n) is 2.61. The van der Waals surface area contributed by atoms with Crippen molar-refractivity contribution in [2.75, 3.05) is 0 Å². The van der Waals surface area contributed by atoms with Crippen LogP contribution in [-0.2, 0) is 12.8 Å². The van der Waals surface area contributed by atoms with Crippen LogP contribution in [0.4, 0.5) is 0 Å². The van der Waals surface area contributed by atoms with E-state index in [2.05, 4.69) is 31.2 Å². The summed E-state index contributed by atoms with van der Waals surface area (Å²) < 4.78 is 0. The van der Waals surface area contributed by atoms with E-state index in [1.165, 1.54) is 36.8 Å². The van der Waals surface area contributed by atoms with Crippen LogP contribution in [0, 0.1) is 5.92 Å². The van der Waals surface area contributed by atoms with Crippen LogP contribution in [0.25, 0.3) is 0 Å². The molecule has 0 N–H and O–H groups in total. The minimum absolute atomic E-state index is 0.402. The lowest BCUT2D eigenvalue weighted by molar-refractivity contribution is 0.364. The van der Waals surface area contributed by atoms with Crippen LogP contribution in [0.2, 0.25) is 0 Å². The van der Waals surface area contributed by atoms with E-state index < -0.39 is 0 Å². The lowest BCUT2D eigenvalue weighted by atomic mass is 9.84. The lowest BCUT2D eigenvalue weighted by Crippen LogP contribution is -2.21. The normalized spacial score (nSPS) is 25.6. The highest BCUT2D eigenvalue weighted by molar-refractivity contribution is 6.20. The van der Waals surface area contributed by atoms with Crippen molar-refractivity contribution >= 4 is 11.6 Å². The van der Waals surface area contributed by atoms with Gasteiger partial charge in [0.15, 0.2) is 0 Å². The topological polar surface area (TPSA) is 0 Å². The average Bonchev–Trinajstić information content (AvgIpc) is 2.33. The molecule has 1 heteroatoms. The fraction of sp³-hybridized carbons (Fsp3) is 0.600. The highest BCUT2D eigenvalue weighted by Gasteiger charge is 2.22. The Hall–Kier alpha value is -0.490. The summed E-state index contributed by atoms with van der Waals surface area (Å²) >= 11 is 6.39. The van der Waals surface area contributed by atoms with Gasteiger partial charge in [-0.25, -0.2) is 0 Å². The van der Waals surface area contributed by atoms with Crippen LogP contribution in [0.1, 0.15) is 43.7 Å². The Kier molecular flexibility index (Phi) is 4.29. The van der Waals surface area contributed by atoms with Crippen molar-refractivity contribution in [3.63, 3.8) is 0 Å². The quantitative estimate of drug-likeness (QED) is 0.674. The van der Waals surface area contributed by atoms with Gasteiger partial charge in [0, 0.05) is 5.38 Å². The molecule has 1 aromatic carbocycles. The number of halogens is 1. The predicted molar refractivity (Wildman–Crippen MR) is 71.1 cm³/mol. The molecule has 2 atom stereocenters. The Balaban J connectivity index is 1.96. The van der Waals surface area contributed by atoms with Gasteiger partial charge in [-0.2, -0.15) is 0 Å². The maximum absolute atomic E-state index is 6.39. The molecule has 2 unspecified atom stereocenters. The van der Waals surface area contributed by atoms with E-state index in [-0.39, 0.29) is 0 Å². The van der Waals surface area contributed by atoms with Crippen molar-refractivity contribution in [1.29, 1.82) is 0 Å². The maximum atomic E-state index is 6.39. The summed E-state index contributed by atoms with van der Waals surface area (Å²) in [5, 5.41) is 0.402. The van der Waals surface area contributed by atoms with Crippen molar-refractivity contribution in [3.8, 4) is 0 Å². The highest BCUT2D eigenvalue weighted by atomic mass is 35.5. The third kappa shape index (κ3) is 3.01. The molecule has 0 aromatic heterocycles. The summed E-state index contributed by atoms with van der Waals surface area (Å²) in [5.74, 6) is 0.697. The van der Waals surface area contributed by atoms with Gasteiger partial charge in [-0.15, -0.1) is 11.6 Å². The molecule has 1 aromatic rings. The first-order valence-corrected chi connectivity index (χ1v) is 6.95. The molecule has 0 aliphatic heterocycles. The largest absolute Gasteiger partial charge is 0.123 e. The number of hydrogen-bond donors (Lipinski definition) is 0. The minimum atomic E-state index is 0.402. The zero-order valence-electron chi connectivity index (χ0n) is 10.1. The van der Waals surface area contributed by atoms with Crippen molar-refractivity contribution in [1.82, 2.24) is 0 Å². The van der Waals surface area contributed by atoms with Gasteiger partial charge >= 0.3 is 0 Å². The molecule has 0 amide bonds. The number of rotatable bonds is 3. The molecule has 0 heterocycles. The van der Waals surface area contributed by atoms with Gasteiger partial charge in [-0.3, -0.25) is 0 Å². The monoisotopic (exact) mass is 236 g/mol. The summed E-state index contributed by atoms with van der Waals surface area (Å²) in [7, 11) is 0. The van der Waals surface area contributed by atoms with Gasteiger partial charge in [0.1, 0.15) is 0 Å². The van der Waals surface area contributed by atoms with Crippen LogP contribution in [0.3, 0.4) is 0 Å². The van der Waals surface area contributed by atoms with Gasteiger partial charge in [0.2, 0.25) is 0 Å². The second-order valence-corrected chi connectivity index (χ2v) is 5.50. The molecule has 16 heavy (non-hydrogen) atoms. The standard InChI is InChI=1S/C15H21Cl/c1-2-12-7-9-13(10-8-12)11-14-5-3-4-6-15(14)16/h7-10,14-15H,2-6,11H2,1H3. The third-order valence-corrected chi connectivity index (χ3v) is 4.32. The van der Waals surface area contributed by atoms with Crippen molar-refractivity contribution < 1.29 is 0 Å². The lowest BCUT2D eigenvalue weighted by Gasteiger charge is -2.27. The van der Waals surface area contributed by atoms with Gasteiger partial charge in [0.05, 0.1) is 0 Å². The Morgan fingerprint density at radius 1 is 1.06 bits per heavy atom. The zero-order chi connectivity index (χ0) is 11.4. The summed E-state index contributed by atoms with van der Waals surface area (Å²) in [6.45, 7) is 2.20. The molecule has 0 radical (unpaired) electrons. The number of aryl methyl sites for hydroxylation is 1. The van der Waals surface area contributed by atoms with Gasteiger partial charge in [-0.05, 0) is 42.7 Å². The van der Waals surface area contributed by atoms with Gasteiger partial charge < -0.3 is 0 Å². The van der Waals surface area contributed by atoms with Gasteiger partial charge in [-0.1, -0.05) is 44.0 Å². The average molecular weight is 237 g/mol. The van der Waals surface area contributed by atoms with E-state index in [0.29, 0.717) is 11.3 Å². The van der Waals surface area contributed by atoms with E-state index in [9.17, 15) is 0 Å². The Morgan fingerprint density at radius 3 is 2.31 bits per heavy atom. The molecule has 0 nitrogen and oxygen atoms in total. The SMILES string of the molecule is CCc1ccc(CC2CCCCC2Cl)cc1. The van der Waals surface area contributed by atoms with E-state index in [1.54, 1.807) is 0 Å². The summed E-state index contributed by atoms with van der Waals surface area (Å²) in [5.41, 5.74) is 2.88. The molecule has 1 fully saturated rings. The van der Waals surface area contributed by atoms with Crippen LogP contribution < -0.4 is 0 Å². The van der Waals surface area contributed by atoms with Crippen molar-refractivity contribution in [2.45, 2.75) is 50.8 Å². The van der Waals surface area contributed by atoms with E-state index in [4.69, 9.17) is 11.6 Å². The second kappa shape index (κ2) is 5.72. The molecular weight excluding hydrogens is 216 g/mol. The first-order valence-electron chi connectivity index (χ1n) is 6.51. The maximum Gasteiger partial charge on any atom is 0.0367 e. The molecule has 0 saturated heterocycles. The molecule has 1 saturated carbocycles. The van der Waals surface area contributed by atoms with Crippen molar-refractivity contribution in [3.05, 3.63) is 35.4 Å². The minimum Gasteiger partial charge on any atom is -0.123 e. The Bertz CT molecular complexity index is 315. The molecular formula is C15H21Cl.